The number of rotatable bonds is 4. The molecule has 0 spiro atoms. The van der Waals surface area contributed by atoms with Crippen LogP contribution in [0.3, 0.4) is 0 Å². The van der Waals surface area contributed by atoms with E-state index in [2.05, 4.69) is 0 Å². The van der Waals surface area contributed by atoms with Gasteiger partial charge in [0.2, 0.25) is 0 Å². The highest BCUT2D eigenvalue weighted by molar-refractivity contribution is 6.25. The van der Waals surface area contributed by atoms with Crippen LogP contribution in [0.5, 0.6) is 5.75 Å². The summed E-state index contributed by atoms with van der Waals surface area (Å²) >= 11 is 0. The Morgan fingerprint density at radius 2 is 1.84 bits per heavy atom. The van der Waals surface area contributed by atoms with Crippen LogP contribution in [0.4, 0.5) is 0 Å². The molecular weight excluding hydrogens is 320 g/mol. The molecule has 0 amide bonds. The molecule has 25 heavy (non-hydrogen) atoms. The van der Waals surface area contributed by atoms with E-state index in [-0.39, 0.29) is 5.76 Å². The van der Waals surface area contributed by atoms with E-state index < -0.39 is 23.5 Å². The predicted molar refractivity (Wildman–Crippen MR) is 92.9 cm³/mol. The molecule has 0 aromatic heterocycles. The van der Waals surface area contributed by atoms with Gasteiger partial charge in [0.05, 0.1) is 7.11 Å². The normalized spacial score (nSPS) is 17.5. The minimum absolute atomic E-state index is 0.202. The number of hydrogen-bond acceptors (Lipinski definition) is 5. The van der Waals surface area contributed by atoms with E-state index in [0.29, 0.717) is 0 Å². The Morgan fingerprint density at radius 1 is 1.12 bits per heavy atom. The third-order valence-corrected chi connectivity index (χ3v) is 3.92. The van der Waals surface area contributed by atoms with Crippen molar-refractivity contribution in [1.82, 2.24) is 0 Å². The first kappa shape index (κ1) is 16.6. The molecule has 3 rings (SSSR count). The van der Waals surface area contributed by atoms with Gasteiger partial charge in [-0.25, -0.2) is 0 Å². The van der Waals surface area contributed by atoms with E-state index in [4.69, 9.17) is 9.47 Å². The summed E-state index contributed by atoms with van der Waals surface area (Å²) in [5, 5.41) is 2.00. The quantitative estimate of drug-likeness (QED) is 0.487. The zero-order chi connectivity index (χ0) is 18.0. The Hall–Kier alpha value is -3.21. The fraction of sp³-hybridized carbons (Fsp3) is 0.150. The molecule has 5 nitrogen and oxygen atoms in total. The Balaban J connectivity index is 1.81. The van der Waals surface area contributed by atoms with E-state index in [1.807, 2.05) is 36.4 Å². The molecule has 2 aromatic rings. The molecule has 0 N–H and O–H groups in total. The number of esters is 1. The summed E-state index contributed by atoms with van der Waals surface area (Å²) in [6.07, 6.45) is 3.99. The van der Waals surface area contributed by atoms with E-state index in [1.54, 1.807) is 13.2 Å². The Morgan fingerprint density at radius 3 is 2.56 bits per heavy atom. The second kappa shape index (κ2) is 6.73. The van der Waals surface area contributed by atoms with Crippen LogP contribution in [0, 0.1) is 5.92 Å². The number of fused-ring (bicyclic) bond motifs is 1. The molecule has 1 aliphatic rings. The van der Waals surface area contributed by atoms with Crippen LogP contribution < -0.4 is 4.74 Å². The van der Waals surface area contributed by atoms with Crippen LogP contribution in [0.25, 0.3) is 16.8 Å². The number of cyclic esters (lactones) is 1. The maximum absolute atomic E-state index is 12.2. The predicted octanol–water partition coefficient (Wildman–Crippen LogP) is 3.08. The van der Waals surface area contributed by atoms with E-state index in [1.165, 1.54) is 19.1 Å². The molecule has 126 valence electrons. The van der Waals surface area contributed by atoms with Gasteiger partial charge in [-0.05, 0) is 47.5 Å². The average molecular weight is 336 g/mol. The third kappa shape index (κ3) is 3.50. The largest absolute Gasteiger partial charge is 0.497 e. The van der Waals surface area contributed by atoms with Crippen molar-refractivity contribution in [2.24, 2.45) is 5.92 Å². The number of carbonyl (C=O) groups is 3. The lowest BCUT2D eigenvalue weighted by Gasteiger charge is -2.15. The van der Waals surface area contributed by atoms with Gasteiger partial charge in [-0.3, -0.25) is 14.4 Å². The number of ether oxygens (including phenoxy) is 2. The van der Waals surface area contributed by atoms with Gasteiger partial charge in [0.1, 0.15) is 11.5 Å². The van der Waals surface area contributed by atoms with Crippen molar-refractivity contribution < 1.29 is 23.9 Å². The van der Waals surface area contributed by atoms with Crippen molar-refractivity contribution in [3.63, 3.8) is 0 Å². The van der Waals surface area contributed by atoms with Crippen LogP contribution in [0.1, 0.15) is 12.5 Å². The lowest BCUT2D eigenvalue weighted by atomic mass is 9.95. The topological polar surface area (TPSA) is 69.7 Å². The van der Waals surface area contributed by atoms with Crippen LogP contribution in [-0.4, -0.2) is 24.6 Å². The molecule has 0 saturated heterocycles. The van der Waals surface area contributed by atoms with Crippen molar-refractivity contribution in [2.75, 3.05) is 7.11 Å². The van der Waals surface area contributed by atoms with Gasteiger partial charge < -0.3 is 9.47 Å². The number of carbonyl (C=O) groups excluding carboxylic acids is 3. The van der Waals surface area contributed by atoms with Gasteiger partial charge in [-0.2, -0.15) is 0 Å². The summed E-state index contributed by atoms with van der Waals surface area (Å²) in [6.45, 7) is 1.50. The van der Waals surface area contributed by atoms with E-state index in [0.717, 1.165) is 22.1 Å². The zero-order valence-electron chi connectivity index (χ0n) is 13.8. The molecule has 0 aliphatic carbocycles. The van der Waals surface area contributed by atoms with Crippen LogP contribution in [0.15, 0.2) is 54.3 Å². The minimum atomic E-state index is -1.41. The summed E-state index contributed by atoms with van der Waals surface area (Å²) in [7, 11) is 1.61. The molecular formula is C20H16O5. The highest BCUT2D eigenvalue weighted by atomic mass is 16.5. The van der Waals surface area contributed by atoms with Crippen molar-refractivity contribution in [3.8, 4) is 5.75 Å². The van der Waals surface area contributed by atoms with Crippen molar-refractivity contribution >= 4 is 34.4 Å². The Labute approximate surface area is 144 Å². The van der Waals surface area contributed by atoms with Crippen LogP contribution in [-0.2, 0) is 19.1 Å². The summed E-state index contributed by atoms with van der Waals surface area (Å²) in [6, 6.07) is 11.4. The van der Waals surface area contributed by atoms with Crippen molar-refractivity contribution in [1.29, 1.82) is 0 Å². The van der Waals surface area contributed by atoms with Gasteiger partial charge in [0.15, 0.2) is 17.5 Å². The van der Waals surface area contributed by atoms with Crippen molar-refractivity contribution in [3.05, 3.63) is 59.9 Å². The summed E-state index contributed by atoms with van der Waals surface area (Å²) in [5.74, 6) is -2.41. The number of hydrogen-bond donors (Lipinski definition) is 0. The maximum Gasteiger partial charge on any atom is 0.329 e. The zero-order valence-corrected chi connectivity index (χ0v) is 13.8. The highest BCUT2D eigenvalue weighted by Crippen LogP contribution is 2.23. The lowest BCUT2D eigenvalue weighted by Crippen LogP contribution is -2.34. The first-order valence-corrected chi connectivity index (χ1v) is 7.71. The molecule has 1 unspecified atom stereocenters. The molecule has 2 aromatic carbocycles. The molecule has 1 aliphatic heterocycles. The van der Waals surface area contributed by atoms with Gasteiger partial charge in [-0.15, -0.1) is 0 Å². The molecule has 0 saturated carbocycles. The summed E-state index contributed by atoms with van der Waals surface area (Å²) in [4.78, 5) is 35.8. The number of benzene rings is 2. The molecule has 0 radical (unpaired) electrons. The standard InChI is InChI=1S/C20H16O5/c1-12-9-18(22)19(20(23)25-12)17(21)8-4-13-3-5-15-11-16(24-2)7-6-14(15)10-13/h3-11,19H,1-2H3/b8-4+. The second-order valence-corrected chi connectivity index (χ2v) is 5.72. The third-order valence-electron chi connectivity index (χ3n) is 3.92. The Kier molecular flexibility index (Phi) is 4.48. The molecule has 0 fully saturated rings. The van der Waals surface area contributed by atoms with Gasteiger partial charge in [-0.1, -0.05) is 24.3 Å². The van der Waals surface area contributed by atoms with Gasteiger partial charge in [0, 0.05) is 6.08 Å². The first-order chi connectivity index (χ1) is 12.0. The number of allylic oxidation sites excluding steroid dienone is 3. The Bertz CT molecular complexity index is 936. The van der Waals surface area contributed by atoms with Crippen molar-refractivity contribution in [2.45, 2.75) is 6.92 Å². The van der Waals surface area contributed by atoms with Crippen LogP contribution in [0.2, 0.25) is 0 Å². The van der Waals surface area contributed by atoms with E-state index in [9.17, 15) is 14.4 Å². The summed E-state index contributed by atoms with van der Waals surface area (Å²) < 4.78 is 10.0. The van der Waals surface area contributed by atoms with Crippen LogP contribution >= 0.6 is 0 Å². The molecule has 0 bridgehead atoms. The number of methoxy groups -OCH3 is 1. The maximum atomic E-state index is 12.2. The van der Waals surface area contributed by atoms with E-state index >= 15 is 0 Å². The SMILES string of the molecule is COc1ccc2cc(/C=C/C(=O)C3C(=O)C=C(C)OC3=O)ccc2c1. The molecule has 5 heteroatoms. The smallest absolute Gasteiger partial charge is 0.329 e. The minimum Gasteiger partial charge on any atom is -0.497 e. The average Bonchev–Trinajstić information content (AvgIpc) is 2.58. The van der Waals surface area contributed by atoms with Gasteiger partial charge in [0.25, 0.3) is 0 Å². The summed E-state index contributed by atoms with van der Waals surface area (Å²) in [5.41, 5.74) is 0.786. The van der Waals surface area contributed by atoms with Gasteiger partial charge >= 0.3 is 5.97 Å². The lowest BCUT2D eigenvalue weighted by molar-refractivity contribution is -0.151. The number of ketones is 2. The fourth-order valence-corrected chi connectivity index (χ4v) is 2.65. The fourth-order valence-electron chi connectivity index (χ4n) is 2.65. The monoisotopic (exact) mass is 336 g/mol. The first-order valence-electron chi connectivity index (χ1n) is 7.71. The molecule has 1 atom stereocenters. The highest BCUT2D eigenvalue weighted by Gasteiger charge is 2.36. The molecule has 1 heterocycles. The second-order valence-electron chi connectivity index (χ2n) is 5.72.